The Labute approximate surface area is 410 Å². The fourth-order valence-corrected chi connectivity index (χ4v) is 7.86. The molecule has 0 spiro atoms. The standard InChI is InChI=1S/C32H16N8.C14H21N7O2S.2C2H6.Cu/c1-2-10-18-17(9-1)25-33-26(18)38-28-21-13-5-6-14-22(21)30(35-28)40-32-24-16-8-7-15-23(24)31(36-32)39-29-20-12-4-3-11-19(20)27(34-29)37-25;1-9-4-5-10(2)11(8-9)18-14-20-12(15)19-13(21-14)16-6-7-17-24(3,22)23;2*1-2;/h1-16H;4-5,8,17H,6-7H2,1-3H3,(H4,15,16,18,19,20,21);2*1-2H3;/q-2;;;;+2. The first-order valence-electron chi connectivity index (χ1n) is 22.2. The summed E-state index contributed by atoms with van der Waals surface area (Å²) in [5.74, 6) is 2.86. The molecule has 11 rings (SSSR count). The number of hydrogen-bond acceptors (Lipinski definition) is 14. The summed E-state index contributed by atoms with van der Waals surface area (Å²) in [7, 11) is -3.22. The molecule has 19 heteroatoms. The van der Waals surface area contributed by atoms with Crippen molar-refractivity contribution in [3.63, 3.8) is 0 Å². The molecule has 0 saturated heterocycles. The van der Waals surface area contributed by atoms with E-state index in [9.17, 15) is 8.42 Å². The summed E-state index contributed by atoms with van der Waals surface area (Å²) in [5.41, 5.74) is 14.5. The molecule has 1 radical (unpaired) electrons. The Morgan fingerprint density at radius 1 is 0.507 bits per heavy atom. The number of aryl methyl sites for hydroxylation is 2. The third-order valence-electron chi connectivity index (χ3n) is 10.4. The molecule has 9 aromatic rings. The predicted octanol–water partition coefficient (Wildman–Crippen LogP) is 8.95. The molecule has 2 aliphatic rings. The Morgan fingerprint density at radius 2 is 0.899 bits per heavy atom. The van der Waals surface area contributed by atoms with E-state index in [4.69, 9.17) is 45.6 Å². The summed E-state index contributed by atoms with van der Waals surface area (Å²) in [6, 6.07) is 37.8. The number of hydrogen-bond donors (Lipinski definition) is 4. The first-order chi connectivity index (χ1) is 33.0. The zero-order valence-electron chi connectivity index (χ0n) is 38.9. The van der Waals surface area contributed by atoms with Crippen LogP contribution in [0.4, 0.5) is 23.5 Å². The van der Waals surface area contributed by atoms with Gasteiger partial charge < -0.3 is 46.3 Å². The molecule has 17 nitrogen and oxygen atoms in total. The van der Waals surface area contributed by atoms with Crippen molar-refractivity contribution < 1.29 is 25.5 Å². The molecule has 5 N–H and O–H groups in total. The summed E-state index contributed by atoms with van der Waals surface area (Å²) in [6.45, 7) is 12.5. The van der Waals surface area contributed by atoms with Crippen LogP contribution in [-0.2, 0) is 27.1 Å². The van der Waals surface area contributed by atoms with Crippen LogP contribution in [0.2, 0.25) is 0 Å². The average Bonchev–Trinajstić information content (AvgIpc) is 4.09. The van der Waals surface area contributed by atoms with Gasteiger partial charge in [0, 0.05) is 63.6 Å². The van der Waals surface area contributed by atoms with E-state index in [-0.39, 0.29) is 35.5 Å². The second-order valence-corrected chi connectivity index (χ2v) is 16.9. The van der Waals surface area contributed by atoms with Crippen molar-refractivity contribution in [2.24, 2.45) is 0 Å². The van der Waals surface area contributed by atoms with E-state index in [2.05, 4.69) is 30.3 Å². The topological polar surface area (TPSA) is 240 Å². The van der Waals surface area contributed by atoms with Crippen molar-refractivity contribution in [2.45, 2.75) is 41.5 Å². The van der Waals surface area contributed by atoms with E-state index >= 15 is 0 Å². The van der Waals surface area contributed by atoms with Crippen molar-refractivity contribution in [3.05, 3.63) is 126 Å². The minimum absolute atomic E-state index is 0. The molecule has 69 heavy (non-hydrogen) atoms. The van der Waals surface area contributed by atoms with E-state index in [1.54, 1.807) is 0 Å². The van der Waals surface area contributed by atoms with Gasteiger partial charge in [-0.15, -0.1) is 0 Å². The maximum absolute atomic E-state index is 11.0. The van der Waals surface area contributed by atoms with E-state index in [1.165, 1.54) is 0 Å². The number of benzene rings is 5. The van der Waals surface area contributed by atoms with Gasteiger partial charge in [-0.05, 0) is 52.6 Å². The van der Waals surface area contributed by atoms with Gasteiger partial charge in [0.1, 0.15) is 0 Å². The fraction of sp³-hybridized carbons (Fsp3) is 0.180. The van der Waals surface area contributed by atoms with Gasteiger partial charge in [0.15, 0.2) is 0 Å². The van der Waals surface area contributed by atoms with Gasteiger partial charge in [-0.3, -0.25) is 0 Å². The zero-order chi connectivity index (χ0) is 48.0. The van der Waals surface area contributed by atoms with Crippen LogP contribution in [0, 0.1) is 13.8 Å². The summed E-state index contributed by atoms with van der Waals surface area (Å²) in [5, 5.41) is 9.59. The Balaban J connectivity index is 0.000000210. The minimum Gasteiger partial charge on any atom is -0.368 e. The molecule has 0 amide bonds. The van der Waals surface area contributed by atoms with Gasteiger partial charge >= 0.3 is 17.1 Å². The van der Waals surface area contributed by atoms with Crippen LogP contribution in [0.3, 0.4) is 0 Å². The molecule has 0 aliphatic carbocycles. The molecule has 0 unspecified atom stereocenters. The molecule has 8 bridgehead atoms. The van der Waals surface area contributed by atoms with E-state index < -0.39 is 10.0 Å². The van der Waals surface area contributed by atoms with Crippen molar-refractivity contribution in [3.8, 4) is 45.6 Å². The number of rotatable bonds is 7. The molecule has 6 heterocycles. The molecule has 353 valence electrons. The molecular formula is C50H49CuN15O2S. The van der Waals surface area contributed by atoms with Crippen molar-refractivity contribution >= 4 is 77.7 Å². The average molecular weight is 988 g/mol. The van der Waals surface area contributed by atoms with Crippen LogP contribution < -0.4 is 31.1 Å². The number of aromatic nitrogens is 11. The first-order valence-corrected chi connectivity index (χ1v) is 24.0. The second-order valence-electron chi connectivity index (χ2n) is 15.0. The molecule has 2 aliphatic heterocycles. The molecule has 4 aromatic heterocycles. The van der Waals surface area contributed by atoms with Crippen LogP contribution in [0.15, 0.2) is 115 Å². The number of nitrogens with two attached hydrogens (primary N) is 1. The van der Waals surface area contributed by atoms with Gasteiger partial charge in [0.2, 0.25) is 27.9 Å². The van der Waals surface area contributed by atoms with Gasteiger partial charge in [0.25, 0.3) is 0 Å². The van der Waals surface area contributed by atoms with Crippen molar-refractivity contribution in [1.29, 1.82) is 0 Å². The van der Waals surface area contributed by atoms with Gasteiger partial charge in [-0.2, -0.15) is 15.0 Å². The Morgan fingerprint density at radius 3 is 1.30 bits per heavy atom. The Bertz CT molecular complexity index is 3280. The Kier molecular flexibility index (Phi) is 15.3. The number of nitrogen functional groups attached to an aromatic ring is 1. The SMILES string of the molecule is CC.CC.Cc1ccc(C)c(Nc2nc(N)nc(NCCNS(C)(=O)=O)n2)c1.[Cu+2].c1ccc2c(c1)-c1nc-2nc2[n-]c(nc3nc(nc4[n-]c(n1)c1ccccc41)-c1ccccc1-3)c1ccccc21. The van der Waals surface area contributed by atoms with Crippen LogP contribution >= 0.6 is 0 Å². The molecule has 0 atom stereocenters. The summed E-state index contributed by atoms with van der Waals surface area (Å²) in [6.07, 6.45) is 1.10. The normalized spacial score (nSPS) is 11.1. The fourth-order valence-electron chi connectivity index (χ4n) is 7.39. The molecule has 0 fully saturated rings. The van der Waals surface area contributed by atoms with E-state index in [1.807, 2.05) is 157 Å². The molecule has 0 saturated carbocycles. The monoisotopic (exact) mass is 986 g/mol. The predicted molar refractivity (Wildman–Crippen MR) is 271 cm³/mol. The zero-order valence-corrected chi connectivity index (χ0v) is 40.7. The third-order valence-corrected chi connectivity index (χ3v) is 11.1. The minimum atomic E-state index is -3.22. The van der Waals surface area contributed by atoms with Crippen LogP contribution in [0.25, 0.3) is 89.7 Å². The van der Waals surface area contributed by atoms with Crippen LogP contribution in [-0.4, -0.2) is 72.6 Å². The van der Waals surface area contributed by atoms with E-state index in [0.29, 0.717) is 58.4 Å². The van der Waals surface area contributed by atoms with Crippen LogP contribution in [0.5, 0.6) is 0 Å². The van der Waals surface area contributed by atoms with Gasteiger partial charge in [-0.25, -0.2) is 23.1 Å². The number of sulfonamides is 1. The largest absolute Gasteiger partial charge is 2.00 e. The number of nitrogens with zero attached hydrogens (tertiary/aromatic N) is 11. The van der Waals surface area contributed by atoms with Crippen molar-refractivity contribution in [2.75, 3.05) is 35.7 Å². The summed E-state index contributed by atoms with van der Waals surface area (Å²) < 4.78 is 24.4. The first kappa shape index (κ1) is 49.2. The van der Waals surface area contributed by atoms with Crippen molar-refractivity contribution in [1.82, 2.24) is 59.5 Å². The second kappa shape index (κ2) is 21.5. The molecular weight excluding hydrogens is 938 g/mol. The van der Waals surface area contributed by atoms with Crippen LogP contribution in [0.1, 0.15) is 38.8 Å². The quantitative estimate of drug-likeness (QED) is 0.0860. The number of anilines is 4. The number of nitrogens with one attached hydrogen (secondary N) is 3. The smallest absolute Gasteiger partial charge is 0.368 e. The maximum Gasteiger partial charge on any atom is 2.00 e. The summed E-state index contributed by atoms with van der Waals surface area (Å²) >= 11 is 0. The van der Waals surface area contributed by atoms with Gasteiger partial charge in [-0.1, -0.05) is 137 Å². The third kappa shape index (κ3) is 10.9. The van der Waals surface area contributed by atoms with E-state index in [0.717, 1.165) is 66.9 Å². The molecule has 5 aromatic carbocycles. The maximum atomic E-state index is 11.0. The Hall–Kier alpha value is -7.70. The summed E-state index contributed by atoms with van der Waals surface area (Å²) in [4.78, 5) is 51.5. The van der Waals surface area contributed by atoms with Gasteiger partial charge in [0.05, 0.1) is 29.6 Å². The number of fused-ring (bicyclic) bond motifs is 20.